The molecular formula is C15H15N3O5. The van der Waals surface area contributed by atoms with E-state index in [1.54, 1.807) is 38.1 Å². The first-order chi connectivity index (χ1) is 11.0. The molecule has 0 aliphatic carbocycles. The Labute approximate surface area is 131 Å². The maximum atomic E-state index is 12.2. The molecule has 120 valence electrons. The summed E-state index contributed by atoms with van der Waals surface area (Å²) < 4.78 is 15.3. The van der Waals surface area contributed by atoms with Crippen molar-refractivity contribution in [3.05, 3.63) is 35.6 Å². The van der Waals surface area contributed by atoms with E-state index in [1.807, 2.05) is 0 Å². The minimum atomic E-state index is -0.745. The van der Waals surface area contributed by atoms with Crippen LogP contribution in [0.2, 0.25) is 0 Å². The molecule has 1 aromatic heterocycles. The van der Waals surface area contributed by atoms with Crippen molar-refractivity contribution in [2.75, 3.05) is 12.1 Å². The van der Waals surface area contributed by atoms with Gasteiger partial charge in [0.05, 0.1) is 0 Å². The summed E-state index contributed by atoms with van der Waals surface area (Å²) in [4.78, 5) is 24.2. The van der Waals surface area contributed by atoms with Gasteiger partial charge in [-0.2, -0.15) is 0 Å². The Bertz CT molecular complexity index is 755. The molecular weight excluding hydrogens is 302 g/mol. The molecule has 3 rings (SSSR count). The molecule has 8 nitrogen and oxygen atoms in total. The lowest BCUT2D eigenvalue weighted by molar-refractivity contribution is -0.117. The van der Waals surface area contributed by atoms with Crippen LogP contribution in [0.4, 0.5) is 5.82 Å². The Morgan fingerprint density at radius 1 is 1.22 bits per heavy atom. The smallest absolute Gasteiger partial charge is 0.252 e. The number of nitrogens with one attached hydrogen (secondary N) is 2. The number of hydrogen-bond acceptors (Lipinski definition) is 6. The minimum absolute atomic E-state index is 0.135. The van der Waals surface area contributed by atoms with Crippen molar-refractivity contribution in [2.45, 2.75) is 19.9 Å². The maximum Gasteiger partial charge on any atom is 0.252 e. The van der Waals surface area contributed by atoms with Crippen LogP contribution in [-0.2, 0) is 4.79 Å². The second kappa shape index (κ2) is 5.99. The van der Waals surface area contributed by atoms with Gasteiger partial charge in [-0.25, -0.2) is 0 Å². The van der Waals surface area contributed by atoms with E-state index in [9.17, 15) is 9.59 Å². The summed E-state index contributed by atoms with van der Waals surface area (Å²) in [5.41, 5.74) is 0.381. The summed E-state index contributed by atoms with van der Waals surface area (Å²) in [5.74, 6) is 1.20. The van der Waals surface area contributed by atoms with Crippen molar-refractivity contribution >= 4 is 17.6 Å². The lowest BCUT2D eigenvalue weighted by Gasteiger charge is -2.13. The van der Waals surface area contributed by atoms with Crippen molar-refractivity contribution in [2.24, 2.45) is 0 Å². The van der Waals surface area contributed by atoms with Crippen LogP contribution >= 0.6 is 0 Å². The van der Waals surface area contributed by atoms with Gasteiger partial charge >= 0.3 is 0 Å². The molecule has 0 radical (unpaired) electrons. The molecule has 0 spiro atoms. The minimum Gasteiger partial charge on any atom is -0.454 e. The zero-order valence-corrected chi connectivity index (χ0v) is 12.6. The predicted octanol–water partition coefficient (Wildman–Crippen LogP) is 1.47. The highest BCUT2D eigenvalue weighted by atomic mass is 16.7. The molecule has 2 N–H and O–H groups in total. The summed E-state index contributed by atoms with van der Waals surface area (Å²) in [6, 6.07) is 5.67. The fourth-order valence-corrected chi connectivity index (χ4v) is 2.04. The summed E-state index contributed by atoms with van der Waals surface area (Å²) in [5, 5.41) is 8.83. The summed E-state index contributed by atoms with van der Waals surface area (Å²) in [7, 11) is 0. The van der Waals surface area contributed by atoms with E-state index in [4.69, 9.17) is 14.0 Å². The first kappa shape index (κ1) is 14.9. The van der Waals surface area contributed by atoms with Crippen LogP contribution < -0.4 is 20.1 Å². The van der Waals surface area contributed by atoms with E-state index in [0.29, 0.717) is 28.6 Å². The van der Waals surface area contributed by atoms with Crippen LogP contribution in [0.25, 0.3) is 0 Å². The average molecular weight is 317 g/mol. The van der Waals surface area contributed by atoms with Gasteiger partial charge in [-0.1, -0.05) is 5.16 Å². The fraction of sp³-hybridized carbons (Fsp3) is 0.267. The predicted molar refractivity (Wildman–Crippen MR) is 79.4 cm³/mol. The van der Waals surface area contributed by atoms with Gasteiger partial charge in [0.1, 0.15) is 11.8 Å². The van der Waals surface area contributed by atoms with Gasteiger partial charge in [0.15, 0.2) is 17.3 Å². The third kappa shape index (κ3) is 3.25. The van der Waals surface area contributed by atoms with Gasteiger partial charge in [-0.15, -0.1) is 0 Å². The van der Waals surface area contributed by atoms with E-state index >= 15 is 0 Å². The normalized spacial score (nSPS) is 13.5. The highest BCUT2D eigenvalue weighted by Crippen LogP contribution is 2.32. The molecule has 2 aromatic rings. The van der Waals surface area contributed by atoms with Gasteiger partial charge in [0.25, 0.3) is 5.91 Å². The Balaban J connectivity index is 1.61. The van der Waals surface area contributed by atoms with Crippen LogP contribution in [-0.4, -0.2) is 29.8 Å². The Morgan fingerprint density at radius 2 is 2.00 bits per heavy atom. The summed E-state index contributed by atoms with van der Waals surface area (Å²) in [6.45, 7) is 3.43. The van der Waals surface area contributed by atoms with Crippen molar-refractivity contribution < 1.29 is 23.6 Å². The molecule has 0 saturated carbocycles. The third-order valence-electron chi connectivity index (χ3n) is 3.25. The molecule has 2 amide bonds. The highest BCUT2D eigenvalue weighted by Gasteiger charge is 2.20. The zero-order chi connectivity index (χ0) is 16.4. The first-order valence-corrected chi connectivity index (χ1v) is 6.97. The van der Waals surface area contributed by atoms with Crippen LogP contribution in [0.15, 0.2) is 28.8 Å². The lowest BCUT2D eigenvalue weighted by Crippen LogP contribution is -2.41. The van der Waals surface area contributed by atoms with Crippen molar-refractivity contribution in [3.8, 4) is 11.5 Å². The second-order valence-electron chi connectivity index (χ2n) is 5.08. The van der Waals surface area contributed by atoms with Crippen LogP contribution in [0.3, 0.4) is 0 Å². The van der Waals surface area contributed by atoms with Gasteiger partial charge in [-0.3, -0.25) is 9.59 Å². The molecule has 0 saturated heterocycles. The second-order valence-corrected chi connectivity index (χ2v) is 5.08. The first-order valence-electron chi connectivity index (χ1n) is 6.97. The van der Waals surface area contributed by atoms with Gasteiger partial charge in [0.2, 0.25) is 12.7 Å². The number of aromatic nitrogens is 1. The Morgan fingerprint density at radius 3 is 2.74 bits per heavy atom. The molecule has 1 atom stereocenters. The Kier molecular flexibility index (Phi) is 3.88. The van der Waals surface area contributed by atoms with E-state index in [1.165, 1.54) is 0 Å². The van der Waals surface area contributed by atoms with Crippen molar-refractivity contribution in [1.29, 1.82) is 0 Å². The number of amides is 2. The van der Waals surface area contributed by atoms with Gasteiger partial charge in [-0.05, 0) is 32.0 Å². The number of anilines is 1. The van der Waals surface area contributed by atoms with Gasteiger partial charge in [0, 0.05) is 11.6 Å². The topological polar surface area (TPSA) is 103 Å². The number of benzene rings is 1. The molecule has 1 aliphatic heterocycles. The van der Waals surface area contributed by atoms with E-state index < -0.39 is 11.9 Å². The highest BCUT2D eigenvalue weighted by molar-refractivity contribution is 6.00. The number of carbonyl (C=O) groups excluding carboxylic acids is 2. The zero-order valence-electron chi connectivity index (χ0n) is 12.6. The van der Waals surface area contributed by atoms with Crippen molar-refractivity contribution in [3.63, 3.8) is 0 Å². The number of hydrogen-bond donors (Lipinski definition) is 2. The van der Waals surface area contributed by atoms with E-state index in [-0.39, 0.29) is 12.7 Å². The molecule has 2 heterocycles. The molecule has 1 aromatic carbocycles. The molecule has 23 heavy (non-hydrogen) atoms. The number of aryl methyl sites for hydroxylation is 1. The van der Waals surface area contributed by atoms with Crippen LogP contribution in [0.1, 0.15) is 23.0 Å². The SMILES string of the molecule is Cc1cc(NC(=O)[C@H](C)NC(=O)c2ccc3c(c2)OCO3)no1. The van der Waals surface area contributed by atoms with E-state index in [0.717, 1.165) is 0 Å². The van der Waals surface area contributed by atoms with Crippen molar-refractivity contribution in [1.82, 2.24) is 10.5 Å². The molecule has 8 heteroatoms. The molecule has 0 unspecified atom stereocenters. The molecule has 0 bridgehead atoms. The number of carbonyl (C=O) groups is 2. The van der Waals surface area contributed by atoms with Gasteiger partial charge < -0.3 is 24.6 Å². The van der Waals surface area contributed by atoms with Crippen LogP contribution in [0, 0.1) is 6.92 Å². The van der Waals surface area contributed by atoms with Crippen LogP contribution in [0.5, 0.6) is 11.5 Å². The van der Waals surface area contributed by atoms with E-state index in [2.05, 4.69) is 15.8 Å². The monoisotopic (exact) mass is 317 g/mol. The lowest BCUT2D eigenvalue weighted by atomic mass is 10.1. The Hall–Kier alpha value is -3.03. The molecule has 1 aliphatic rings. The average Bonchev–Trinajstić information content (AvgIpc) is 3.14. The standard InChI is InChI=1S/C15H15N3O5/c1-8-5-13(18-23-8)17-14(19)9(2)16-15(20)10-3-4-11-12(6-10)22-7-21-11/h3-6,9H,7H2,1-2H3,(H,16,20)(H,17,18,19)/t9-/m0/s1. The summed E-state index contributed by atoms with van der Waals surface area (Å²) >= 11 is 0. The number of rotatable bonds is 4. The number of fused-ring (bicyclic) bond motifs is 1. The number of ether oxygens (including phenoxy) is 2. The largest absolute Gasteiger partial charge is 0.454 e. The maximum absolute atomic E-state index is 12.2. The number of nitrogens with zero attached hydrogens (tertiary/aromatic N) is 1. The molecule has 0 fully saturated rings. The fourth-order valence-electron chi connectivity index (χ4n) is 2.04. The third-order valence-corrected chi connectivity index (χ3v) is 3.25. The quantitative estimate of drug-likeness (QED) is 0.885. The summed E-state index contributed by atoms with van der Waals surface area (Å²) in [6.07, 6.45) is 0.